The fourth-order valence-corrected chi connectivity index (χ4v) is 3.03. The summed E-state index contributed by atoms with van der Waals surface area (Å²) in [6.45, 7) is 13.8. The third-order valence-electron chi connectivity index (χ3n) is 4.92. The average Bonchev–Trinajstić information content (AvgIpc) is 3.25. The van der Waals surface area contributed by atoms with E-state index >= 15 is 0 Å². The van der Waals surface area contributed by atoms with Crippen LogP contribution in [0.1, 0.15) is 48.1 Å². The minimum atomic E-state index is -0.304. The van der Waals surface area contributed by atoms with Gasteiger partial charge in [0.25, 0.3) is 0 Å². The topological polar surface area (TPSA) is 94.9 Å². The first-order valence-electron chi connectivity index (χ1n) is 11.0. The van der Waals surface area contributed by atoms with Gasteiger partial charge in [0.1, 0.15) is 11.5 Å². The summed E-state index contributed by atoms with van der Waals surface area (Å²) >= 11 is 0. The van der Waals surface area contributed by atoms with Gasteiger partial charge in [-0.1, -0.05) is 51.1 Å². The smallest absolute Gasteiger partial charge is 0.231 e. The van der Waals surface area contributed by atoms with Crippen LogP contribution in [0.3, 0.4) is 0 Å². The molecular weight excluding hydrogens is 445 g/mol. The summed E-state index contributed by atoms with van der Waals surface area (Å²) in [6.07, 6.45) is 2.59. The minimum Gasteiger partial charge on any atom is -0.476 e. The van der Waals surface area contributed by atoms with Gasteiger partial charge in [0.15, 0.2) is 6.29 Å². The van der Waals surface area contributed by atoms with Crippen molar-refractivity contribution in [2.45, 2.75) is 39.2 Å². The Morgan fingerprint density at radius 1 is 1.17 bits per heavy atom. The van der Waals surface area contributed by atoms with Gasteiger partial charge in [-0.15, -0.1) is 0 Å². The summed E-state index contributed by atoms with van der Waals surface area (Å²) in [4.78, 5) is 18.2. The molecule has 0 fully saturated rings. The van der Waals surface area contributed by atoms with Crippen LogP contribution in [0.2, 0.25) is 0 Å². The number of carbonyl (C=O) groups excluding carboxylic acids is 1. The Morgan fingerprint density at radius 3 is 2.49 bits per heavy atom. The summed E-state index contributed by atoms with van der Waals surface area (Å²) in [6, 6.07) is 16.3. The number of hydrogen-bond acceptors (Lipinski definition) is 6. The van der Waals surface area contributed by atoms with Crippen LogP contribution >= 0.6 is 0 Å². The number of aromatic nitrogens is 2. The Morgan fingerprint density at radius 2 is 1.89 bits per heavy atom. The maximum Gasteiger partial charge on any atom is 0.231 e. The molecule has 0 aliphatic carbocycles. The molecule has 8 heteroatoms. The van der Waals surface area contributed by atoms with Gasteiger partial charge < -0.3 is 10.5 Å². The largest absolute Gasteiger partial charge is 0.476 e. The van der Waals surface area contributed by atoms with Gasteiger partial charge in [-0.2, -0.15) is 5.10 Å². The predicted octanol–water partition coefficient (Wildman–Crippen LogP) is 5.21. The van der Waals surface area contributed by atoms with Crippen LogP contribution in [0.5, 0.6) is 0 Å². The highest BCUT2D eigenvalue weighted by Gasteiger charge is 2.19. The van der Waals surface area contributed by atoms with Crippen LogP contribution in [0.25, 0.3) is 0 Å². The highest BCUT2D eigenvalue weighted by atomic mass is 19.1. The number of anilines is 1. The molecule has 7 nitrogen and oxygen atoms in total. The molecule has 0 aliphatic heterocycles. The molecule has 2 N–H and O–H groups in total. The lowest BCUT2D eigenvalue weighted by Crippen LogP contribution is -2.13. The fourth-order valence-electron chi connectivity index (χ4n) is 3.03. The molecule has 1 aromatic heterocycles. The van der Waals surface area contributed by atoms with Crippen LogP contribution < -0.4 is 5.73 Å². The number of ether oxygens (including phenoxy) is 1. The Kier molecular flexibility index (Phi) is 10.1. The van der Waals surface area contributed by atoms with Gasteiger partial charge in [0.2, 0.25) is 5.88 Å². The molecule has 2 aromatic carbocycles. The lowest BCUT2D eigenvalue weighted by molar-refractivity contribution is 0.111. The third-order valence-corrected chi connectivity index (χ3v) is 4.92. The summed E-state index contributed by atoms with van der Waals surface area (Å²) in [5.41, 5.74) is 9.26. The number of carbonyl (C=O) groups is 1. The first-order valence-corrected chi connectivity index (χ1v) is 11.0. The number of nitrogens with two attached hydrogens (primary N) is 1. The average molecular weight is 478 g/mol. The number of halogens is 1. The molecule has 0 aliphatic rings. The second kappa shape index (κ2) is 13.0. The fraction of sp³-hybridized carbons (Fsp3) is 0.259. The van der Waals surface area contributed by atoms with Crippen LogP contribution in [-0.4, -0.2) is 36.1 Å². The Bertz CT molecular complexity index is 1160. The quantitative estimate of drug-likeness (QED) is 0.198. The number of nitrogen functional groups attached to an aromatic ring is 1. The van der Waals surface area contributed by atoms with Crippen LogP contribution in [0, 0.1) is 5.82 Å². The summed E-state index contributed by atoms with van der Waals surface area (Å²) < 4.78 is 20.3. The van der Waals surface area contributed by atoms with Gasteiger partial charge in [-0.25, -0.2) is 9.38 Å². The Labute approximate surface area is 205 Å². The highest BCUT2D eigenvalue weighted by Crippen LogP contribution is 2.21. The predicted molar refractivity (Wildman–Crippen MR) is 140 cm³/mol. The van der Waals surface area contributed by atoms with Crippen LogP contribution in [-0.2, 0) is 23.1 Å². The van der Waals surface area contributed by atoms with E-state index in [1.54, 1.807) is 10.7 Å². The van der Waals surface area contributed by atoms with E-state index in [4.69, 9.17) is 10.5 Å². The monoisotopic (exact) mass is 477 g/mol. The lowest BCUT2D eigenvalue weighted by atomic mass is 9.92. The van der Waals surface area contributed by atoms with Crippen molar-refractivity contribution >= 4 is 25.4 Å². The van der Waals surface area contributed by atoms with E-state index in [2.05, 4.69) is 49.3 Å². The van der Waals surface area contributed by atoms with Crippen molar-refractivity contribution in [1.82, 2.24) is 9.78 Å². The number of benzene rings is 2. The molecule has 3 aromatic rings. The van der Waals surface area contributed by atoms with Crippen molar-refractivity contribution in [3.63, 3.8) is 0 Å². The van der Waals surface area contributed by atoms with Crippen molar-refractivity contribution in [2.75, 3.05) is 12.3 Å². The maximum absolute atomic E-state index is 13.3. The lowest BCUT2D eigenvalue weighted by Gasteiger charge is -2.14. The second-order valence-corrected chi connectivity index (χ2v) is 8.72. The van der Waals surface area contributed by atoms with Gasteiger partial charge in [0, 0.05) is 17.5 Å². The minimum absolute atomic E-state index is 0.0420. The molecule has 1 heterocycles. The molecule has 0 unspecified atom stereocenters. The molecule has 0 saturated carbocycles. The number of rotatable bonds is 9. The SMILES string of the molecule is C=N/C=C(\N=C)OCCc1cc(N)ccc1F.CC(C)(C)c1cc(C=O)n(Cc2ccccc2)n1. The number of aldehydes is 1. The van der Waals surface area contributed by atoms with Gasteiger partial charge in [-0.3, -0.25) is 14.5 Å². The molecule has 0 spiro atoms. The second-order valence-electron chi connectivity index (χ2n) is 8.72. The zero-order valence-corrected chi connectivity index (χ0v) is 20.4. The van der Waals surface area contributed by atoms with Gasteiger partial charge >= 0.3 is 0 Å². The van der Waals surface area contributed by atoms with Crippen LogP contribution in [0.15, 0.2) is 76.7 Å². The Balaban J connectivity index is 0.000000247. The van der Waals surface area contributed by atoms with Gasteiger partial charge in [0.05, 0.1) is 25.0 Å². The number of aliphatic imine (C=N–C) groups is 2. The summed E-state index contributed by atoms with van der Waals surface area (Å²) in [5, 5.41) is 4.53. The molecule has 35 heavy (non-hydrogen) atoms. The number of nitrogens with zero attached hydrogens (tertiary/aromatic N) is 4. The zero-order chi connectivity index (χ0) is 25.8. The molecule has 3 rings (SSSR count). The zero-order valence-electron chi connectivity index (χ0n) is 20.4. The molecule has 0 radical (unpaired) electrons. The van der Waals surface area contributed by atoms with E-state index < -0.39 is 0 Å². The number of hydrogen-bond donors (Lipinski definition) is 1. The van der Waals surface area contributed by atoms with E-state index in [9.17, 15) is 9.18 Å². The normalized spacial score (nSPS) is 11.3. The van der Waals surface area contributed by atoms with Crippen LogP contribution in [0.4, 0.5) is 10.1 Å². The van der Waals surface area contributed by atoms with Crippen molar-refractivity contribution in [1.29, 1.82) is 0 Å². The first kappa shape index (κ1) is 27.2. The Hall–Kier alpha value is -4.07. The molecule has 184 valence electrons. The van der Waals surface area contributed by atoms with E-state index in [1.165, 1.54) is 18.3 Å². The molecule has 0 saturated heterocycles. The molecule has 0 atom stereocenters. The van der Waals surface area contributed by atoms with Crippen molar-refractivity contribution in [3.8, 4) is 0 Å². The van der Waals surface area contributed by atoms with Gasteiger partial charge in [-0.05, 0) is 48.8 Å². The molecule has 0 amide bonds. The summed E-state index contributed by atoms with van der Waals surface area (Å²) in [7, 11) is 0. The molecular formula is C27H32FN5O2. The third kappa shape index (κ3) is 8.66. The van der Waals surface area contributed by atoms with E-state index in [1.807, 2.05) is 36.4 Å². The summed E-state index contributed by atoms with van der Waals surface area (Å²) in [5.74, 6) is -0.0500. The standard InChI is InChI=1S/C15H18N2O.C12H14FN3O/c1-15(2,3)14-9-13(11-18)17(16-14)10-12-7-5-4-6-8-12;1-15-8-12(16-2)17-6-5-9-7-10(14)3-4-11(9)13/h4-9,11H,10H2,1-3H3;3-4,7-8H,1-2,5-6,14H2/b;12-8+. The van der Waals surface area contributed by atoms with E-state index in [0.29, 0.717) is 29.9 Å². The highest BCUT2D eigenvalue weighted by molar-refractivity contribution is 5.72. The maximum atomic E-state index is 13.3. The first-order chi connectivity index (χ1) is 16.7. The van der Waals surface area contributed by atoms with Crippen molar-refractivity contribution < 1.29 is 13.9 Å². The van der Waals surface area contributed by atoms with Crippen molar-refractivity contribution in [2.24, 2.45) is 9.98 Å². The van der Waals surface area contributed by atoms with Crippen molar-refractivity contribution in [3.05, 3.63) is 95.0 Å². The van der Waals surface area contributed by atoms with E-state index in [-0.39, 0.29) is 23.7 Å². The molecule has 0 bridgehead atoms. The van der Waals surface area contributed by atoms with E-state index in [0.717, 1.165) is 17.5 Å².